The van der Waals surface area contributed by atoms with Gasteiger partial charge in [-0.3, -0.25) is 9.89 Å². The van der Waals surface area contributed by atoms with E-state index in [9.17, 15) is 4.79 Å². The third-order valence-electron chi connectivity index (χ3n) is 3.13. The summed E-state index contributed by atoms with van der Waals surface area (Å²) in [4.78, 5) is 13.7. The normalized spacial score (nSPS) is 15.9. The Hall–Kier alpha value is -1.40. The van der Waals surface area contributed by atoms with Crippen molar-refractivity contribution in [2.45, 2.75) is 19.9 Å². The van der Waals surface area contributed by atoms with Crippen LogP contribution in [0, 0.1) is 6.92 Å². The molecule has 0 bridgehead atoms. The second-order valence-corrected chi connectivity index (χ2v) is 4.44. The van der Waals surface area contributed by atoms with Gasteiger partial charge >= 0.3 is 0 Å². The van der Waals surface area contributed by atoms with Gasteiger partial charge in [-0.2, -0.15) is 5.10 Å². The Labute approximate surface area is 107 Å². The zero-order valence-electron chi connectivity index (χ0n) is 10.7. The number of carbonyl (C=O) groups excluding carboxylic acids is 1. The molecule has 1 fully saturated rings. The lowest BCUT2D eigenvalue weighted by Crippen LogP contribution is -2.41. The molecule has 0 spiro atoms. The largest absolute Gasteiger partial charge is 0.378 e. The number of nitrogens with zero attached hydrogens (tertiary/aromatic N) is 2. The number of rotatable bonds is 5. The van der Waals surface area contributed by atoms with Crippen LogP contribution in [0.5, 0.6) is 0 Å². The van der Waals surface area contributed by atoms with Crippen molar-refractivity contribution in [1.82, 2.24) is 20.4 Å². The van der Waals surface area contributed by atoms with Crippen LogP contribution in [0.3, 0.4) is 0 Å². The molecule has 0 aliphatic carbocycles. The summed E-state index contributed by atoms with van der Waals surface area (Å²) < 4.78 is 5.22. The summed E-state index contributed by atoms with van der Waals surface area (Å²) in [7, 11) is 0. The predicted molar refractivity (Wildman–Crippen MR) is 67.0 cm³/mol. The van der Waals surface area contributed by atoms with Crippen LogP contribution in [0.25, 0.3) is 0 Å². The number of ether oxygens (including phenoxy) is 1. The molecule has 0 unspecified atom stereocenters. The van der Waals surface area contributed by atoms with Gasteiger partial charge < -0.3 is 15.0 Å². The highest BCUT2D eigenvalue weighted by Crippen LogP contribution is 2.02. The molecule has 100 valence electrons. The zero-order chi connectivity index (χ0) is 12.8. The van der Waals surface area contributed by atoms with Gasteiger partial charge in [0.15, 0.2) is 0 Å². The van der Waals surface area contributed by atoms with Crippen LogP contribution < -0.4 is 5.32 Å². The van der Waals surface area contributed by atoms with Gasteiger partial charge in [0.25, 0.3) is 0 Å². The van der Waals surface area contributed by atoms with E-state index in [0.29, 0.717) is 26.2 Å². The molecule has 0 atom stereocenters. The topological polar surface area (TPSA) is 70.2 Å². The predicted octanol–water partition coefficient (Wildman–Crippen LogP) is 0.0566. The Bertz CT molecular complexity index is 385. The summed E-state index contributed by atoms with van der Waals surface area (Å²) in [5.74, 6) is 0.203. The molecule has 0 aromatic carbocycles. The van der Waals surface area contributed by atoms with Crippen LogP contribution in [-0.4, -0.2) is 53.9 Å². The Morgan fingerprint density at radius 1 is 1.56 bits per heavy atom. The minimum absolute atomic E-state index is 0.203. The van der Waals surface area contributed by atoms with Gasteiger partial charge in [-0.1, -0.05) is 0 Å². The van der Waals surface area contributed by atoms with Crippen LogP contribution >= 0.6 is 0 Å². The Kier molecular flexibility index (Phi) is 4.72. The molecule has 6 heteroatoms. The molecule has 2 heterocycles. The maximum absolute atomic E-state index is 11.8. The Balaban J connectivity index is 1.63. The average molecular weight is 252 g/mol. The Morgan fingerprint density at radius 3 is 3.00 bits per heavy atom. The molecule has 0 saturated carbocycles. The van der Waals surface area contributed by atoms with Crippen molar-refractivity contribution in [1.29, 1.82) is 0 Å². The molecule has 1 aromatic rings. The minimum Gasteiger partial charge on any atom is -0.378 e. The van der Waals surface area contributed by atoms with Crippen LogP contribution in [0.15, 0.2) is 6.20 Å². The first-order valence-corrected chi connectivity index (χ1v) is 6.32. The number of aromatic nitrogens is 2. The van der Waals surface area contributed by atoms with Gasteiger partial charge in [0.2, 0.25) is 5.91 Å². The molecular weight excluding hydrogens is 232 g/mol. The second-order valence-electron chi connectivity index (χ2n) is 4.44. The van der Waals surface area contributed by atoms with E-state index in [4.69, 9.17) is 4.74 Å². The van der Waals surface area contributed by atoms with Gasteiger partial charge in [0.05, 0.1) is 19.4 Å². The second kappa shape index (κ2) is 6.51. The van der Waals surface area contributed by atoms with Crippen LogP contribution in [0.1, 0.15) is 17.7 Å². The highest BCUT2D eigenvalue weighted by Gasteiger charge is 2.15. The number of H-pyrrole nitrogens is 1. The summed E-state index contributed by atoms with van der Waals surface area (Å²) in [6, 6.07) is 0. The molecule has 2 N–H and O–H groups in total. The van der Waals surface area contributed by atoms with E-state index < -0.39 is 0 Å². The van der Waals surface area contributed by atoms with Crippen molar-refractivity contribution in [2.24, 2.45) is 0 Å². The van der Waals surface area contributed by atoms with Gasteiger partial charge in [-0.25, -0.2) is 0 Å². The number of morpholine rings is 1. The summed E-state index contributed by atoms with van der Waals surface area (Å²) in [5.41, 5.74) is 2.22. The number of nitrogens with one attached hydrogen (secondary N) is 2. The van der Waals surface area contributed by atoms with E-state index in [2.05, 4.69) is 15.5 Å². The summed E-state index contributed by atoms with van der Waals surface area (Å²) in [5, 5.41) is 10.1. The third kappa shape index (κ3) is 3.54. The van der Waals surface area contributed by atoms with Gasteiger partial charge in [0.1, 0.15) is 0 Å². The first-order chi connectivity index (χ1) is 8.77. The first kappa shape index (κ1) is 13.0. The van der Waals surface area contributed by atoms with Crippen molar-refractivity contribution in [3.63, 3.8) is 0 Å². The van der Waals surface area contributed by atoms with Crippen molar-refractivity contribution in [3.05, 3.63) is 17.5 Å². The molecule has 0 radical (unpaired) electrons. The molecule has 1 aliphatic rings. The number of carbonyl (C=O) groups is 1. The lowest BCUT2D eigenvalue weighted by Gasteiger charge is -2.26. The molecule has 1 aliphatic heterocycles. The highest BCUT2D eigenvalue weighted by atomic mass is 16.5. The van der Waals surface area contributed by atoms with E-state index >= 15 is 0 Å². The average Bonchev–Trinajstić information content (AvgIpc) is 2.81. The lowest BCUT2D eigenvalue weighted by atomic mass is 10.2. The SMILES string of the molecule is Cc1[nH]ncc1CNCCC(=O)N1CCOCC1. The number of aryl methyl sites for hydroxylation is 1. The zero-order valence-corrected chi connectivity index (χ0v) is 10.7. The molecule has 1 amide bonds. The quantitative estimate of drug-likeness (QED) is 0.727. The van der Waals surface area contributed by atoms with Gasteiger partial charge in [-0.05, 0) is 6.92 Å². The summed E-state index contributed by atoms with van der Waals surface area (Å²) in [6.07, 6.45) is 2.35. The monoisotopic (exact) mass is 252 g/mol. The molecule has 18 heavy (non-hydrogen) atoms. The number of aromatic amines is 1. The van der Waals surface area contributed by atoms with E-state index in [1.165, 1.54) is 0 Å². The van der Waals surface area contributed by atoms with E-state index in [0.717, 1.165) is 30.9 Å². The molecule has 1 aromatic heterocycles. The first-order valence-electron chi connectivity index (χ1n) is 6.32. The van der Waals surface area contributed by atoms with Crippen molar-refractivity contribution < 1.29 is 9.53 Å². The fourth-order valence-corrected chi connectivity index (χ4v) is 1.94. The summed E-state index contributed by atoms with van der Waals surface area (Å²) >= 11 is 0. The third-order valence-corrected chi connectivity index (χ3v) is 3.13. The maximum atomic E-state index is 11.8. The van der Waals surface area contributed by atoms with Crippen molar-refractivity contribution in [3.8, 4) is 0 Å². The maximum Gasteiger partial charge on any atom is 0.224 e. The lowest BCUT2D eigenvalue weighted by molar-refractivity contribution is -0.135. The molecular formula is C12H20N4O2. The molecule has 6 nitrogen and oxygen atoms in total. The van der Waals surface area contributed by atoms with E-state index in [1.54, 1.807) is 0 Å². The Morgan fingerprint density at radius 2 is 2.33 bits per heavy atom. The van der Waals surface area contributed by atoms with Crippen molar-refractivity contribution in [2.75, 3.05) is 32.8 Å². The van der Waals surface area contributed by atoms with Crippen LogP contribution in [0.4, 0.5) is 0 Å². The summed E-state index contributed by atoms with van der Waals surface area (Å²) in [6.45, 7) is 6.20. The smallest absolute Gasteiger partial charge is 0.224 e. The number of hydrogen-bond acceptors (Lipinski definition) is 4. The minimum atomic E-state index is 0.203. The molecule has 2 rings (SSSR count). The van der Waals surface area contributed by atoms with Gasteiger partial charge in [0, 0.05) is 43.9 Å². The van der Waals surface area contributed by atoms with Gasteiger partial charge in [-0.15, -0.1) is 0 Å². The molecule has 1 saturated heterocycles. The highest BCUT2D eigenvalue weighted by molar-refractivity contribution is 5.76. The van der Waals surface area contributed by atoms with E-state index in [-0.39, 0.29) is 5.91 Å². The fraction of sp³-hybridized carbons (Fsp3) is 0.667. The van der Waals surface area contributed by atoms with Crippen LogP contribution in [-0.2, 0) is 16.1 Å². The van der Waals surface area contributed by atoms with E-state index in [1.807, 2.05) is 18.0 Å². The van der Waals surface area contributed by atoms with Crippen molar-refractivity contribution >= 4 is 5.91 Å². The van der Waals surface area contributed by atoms with Crippen LogP contribution in [0.2, 0.25) is 0 Å². The number of amides is 1. The standard InChI is InChI=1S/C12H20N4O2/c1-10-11(9-14-15-10)8-13-3-2-12(17)16-4-6-18-7-5-16/h9,13H,2-8H2,1H3,(H,14,15). The number of hydrogen-bond donors (Lipinski definition) is 2. The fourth-order valence-electron chi connectivity index (χ4n) is 1.94.